The van der Waals surface area contributed by atoms with Gasteiger partial charge in [0.25, 0.3) is 0 Å². The van der Waals surface area contributed by atoms with E-state index in [1.165, 1.54) is 0 Å². The molecule has 0 saturated carbocycles. The van der Waals surface area contributed by atoms with E-state index in [2.05, 4.69) is 15.0 Å². The summed E-state index contributed by atoms with van der Waals surface area (Å²) in [6.07, 6.45) is 5.68. The Labute approximate surface area is 124 Å². The molecule has 6 heteroatoms. The number of aliphatic hydroxyl groups excluding tert-OH is 1. The molecule has 21 heavy (non-hydrogen) atoms. The Hall–Kier alpha value is -1.95. The molecule has 6 nitrogen and oxygen atoms in total. The predicted octanol–water partition coefficient (Wildman–Crippen LogP) is 1.49. The van der Waals surface area contributed by atoms with Crippen molar-refractivity contribution in [3.63, 3.8) is 0 Å². The molecule has 0 radical (unpaired) electrons. The fourth-order valence-corrected chi connectivity index (χ4v) is 2.88. The largest absolute Gasteiger partial charge is 0.396 e. The van der Waals surface area contributed by atoms with Crippen molar-refractivity contribution >= 4 is 5.82 Å². The summed E-state index contributed by atoms with van der Waals surface area (Å²) in [5, 5.41) is 13.8. The van der Waals surface area contributed by atoms with E-state index in [4.69, 9.17) is 4.98 Å². The van der Waals surface area contributed by atoms with E-state index in [0.29, 0.717) is 5.92 Å². The number of rotatable bonds is 3. The van der Waals surface area contributed by atoms with Gasteiger partial charge in [0, 0.05) is 25.4 Å². The quantitative estimate of drug-likeness (QED) is 0.926. The topological polar surface area (TPSA) is 67.1 Å². The highest BCUT2D eigenvalue weighted by atomic mass is 16.3. The molecule has 1 fully saturated rings. The molecule has 0 spiro atoms. The minimum Gasteiger partial charge on any atom is -0.396 e. The van der Waals surface area contributed by atoms with E-state index in [-0.39, 0.29) is 6.61 Å². The van der Waals surface area contributed by atoms with Crippen LogP contribution in [0.1, 0.15) is 24.2 Å². The standard InChI is InChI=1S/C15H21N5O/c1-11-6-12(2)20(18-11)15-8-16-7-14(17-15)19-5-3-4-13(9-19)10-21/h6-8,13,21H,3-5,9-10H2,1-2H3. The lowest BCUT2D eigenvalue weighted by Crippen LogP contribution is -2.37. The van der Waals surface area contributed by atoms with Gasteiger partial charge in [0.05, 0.1) is 18.1 Å². The van der Waals surface area contributed by atoms with Crippen LogP contribution in [-0.2, 0) is 0 Å². The van der Waals surface area contributed by atoms with Crippen molar-refractivity contribution in [1.29, 1.82) is 0 Å². The van der Waals surface area contributed by atoms with E-state index in [0.717, 1.165) is 49.0 Å². The summed E-state index contributed by atoms with van der Waals surface area (Å²) in [5.74, 6) is 1.93. The summed E-state index contributed by atoms with van der Waals surface area (Å²) in [6.45, 7) is 6.02. The molecule has 0 amide bonds. The molecule has 0 aliphatic carbocycles. The van der Waals surface area contributed by atoms with Gasteiger partial charge in [-0.2, -0.15) is 5.10 Å². The van der Waals surface area contributed by atoms with Crippen LogP contribution in [0.4, 0.5) is 5.82 Å². The van der Waals surface area contributed by atoms with Crippen LogP contribution in [0.3, 0.4) is 0 Å². The molecule has 112 valence electrons. The molecule has 3 rings (SSSR count). The third-order valence-electron chi connectivity index (χ3n) is 3.94. The Kier molecular flexibility index (Phi) is 3.88. The number of nitrogens with zero attached hydrogens (tertiary/aromatic N) is 5. The highest BCUT2D eigenvalue weighted by molar-refractivity contribution is 5.40. The Bertz CT molecular complexity index is 624. The zero-order valence-electron chi connectivity index (χ0n) is 12.5. The molecule has 2 aromatic heterocycles. The summed E-state index contributed by atoms with van der Waals surface area (Å²) in [6, 6.07) is 2.02. The maximum Gasteiger partial charge on any atom is 0.174 e. The van der Waals surface area contributed by atoms with Gasteiger partial charge in [0.15, 0.2) is 5.82 Å². The van der Waals surface area contributed by atoms with Crippen molar-refractivity contribution in [2.24, 2.45) is 5.92 Å². The second-order valence-electron chi connectivity index (χ2n) is 5.71. The predicted molar refractivity (Wildman–Crippen MR) is 80.7 cm³/mol. The van der Waals surface area contributed by atoms with Crippen LogP contribution in [0.2, 0.25) is 0 Å². The third kappa shape index (κ3) is 2.90. The molecular weight excluding hydrogens is 266 g/mol. The molecule has 1 saturated heterocycles. The van der Waals surface area contributed by atoms with Gasteiger partial charge < -0.3 is 10.0 Å². The number of piperidine rings is 1. The van der Waals surface area contributed by atoms with Gasteiger partial charge in [0.1, 0.15) is 5.82 Å². The molecule has 1 atom stereocenters. The van der Waals surface area contributed by atoms with E-state index in [9.17, 15) is 5.11 Å². The average Bonchev–Trinajstić information content (AvgIpc) is 2.86. The van der Waals surface area contributed by atoms with E-state index in [1.807, 2.05) is 24.6 Å². The number of aliphatic hydroxyl groups is 1. The lowest BCUT2D eigenvalue weighted by molar-refractivity contribution is 0.208. The van der Waals surface area contributed by atoms with Gasteiger partial charge in [-0.15, -0.1) is 0 Å². The molecule has 2 aromatic rings. The smallest absolute Gasteiger partial charge is 0.174 e. The zero-order chi connectivity index (χ0) is 14.8. The van der Waals surface area contributed by atoms with Crippen molar-refractivity contribution in [3.8, 4) is 5.82 Å². The lowest BCUT2D eigenvalue weighted by atomic mass is 9.99. The summed E-state index contributed by atoms with van der Waals surface area (Å²) < 4.78 is 1.82. The molecular formula is C15H21N5O. The first-order chi connectivity index (χ1) is 10.2. The Morgan fingerprint density at radius 2 is 2.10 bits per heavy atom. The molecule has 0 bridgehead atoms. The normalized spacial score (nSPS) is 19.0. The van der Waals surface area contributed by atoms with Crippen molar-refractivity contribution in [2.45, 2.75) is 26.7 Å². The Morgan fingerprint density at radius 1 is 1.29 bits per heavy atom. The van der Waals surface area contributed by atoms with Crippen LogP contribution >= 0.6 is 0 Å². The first kappa shape index (κ1) is 14.0. The second kappa shape index (κ2) is 5.81. The molecule has 1 aliphatic heterocycles. The SMILES string of the molecule is Cc1cc(C)n(-c2cncc(N3CCCC(CO)C3)n2)n1. The van der Waals surface area contributed by atoms with E-state index >= 15 is 0 Å². The third-order valence-corrected chi connectivity index (χ3v) is 3.94. The summed E-state index contributed by atoms with van der Waals surface area (Å²) in [5.41, 5.74) is 2.02. The Balaban J connectivity index is 1.88. The number of aryl methyl sites for hydroxylation is 2. The summed E-state index contributed by atoms with van der Waals surface area (Å²) in [7, 11) is 0. The highest BCUT2D eigenvalue weighted by Crippen LogP contribution is 2.21. The van der Waals surface area contributed by atoms with Gasteiger partial charge in [-0.25, -0.2) is 9.67 Å². The maximum absolute atomic E-state index is 9.35. The van der Waals surface area contributed by atoms with Gasteiger partial charge in [-0.1, -0.05) is 0 Å². The molecule has 3 heterocycles. The lowest BCUT2D eigenvalue weighted by Gasteiger charge is -2.32. The van der Waals surface area contributed by atoms with E-state index < -0.39 is 0 Å². The fourth-order valence-electron chi connectivity index (χ4n) is 2.88. The second-order valence-corrected chi connectivity index (χ2v) is 5.71. The average molecular weight is 287 g/mol. The van der Waals surface area contributed by atoms with Gasteiger partial charge in [-0.05, 0) is 38.7 Å². The number of anilines is 1. The van der Waals surface area contributed by atoms with E-state index in [1.54, 1.807) is 12.4 Å². The molecule has 1 unspecified atom stereocenters. The molecule has 1 aliphatic rings. The van der Waals surface area contributed by atoms with Crippen LogP contribution in [0.15, 0.2) is 18.5 Å². The van der Waals surface area contributed by atoms with Crippen molar-refractivity contribution in [2.75, 3.05) is 24.6 Å². The highest BCUT2D eigenvalue weighted by Gasteiger charge is 2.21. The maximum atomic E-state index is 9.35. The molecule has 0 aromatic carbocycles. The summed E-state index contributed by atoms with van der Waals surface area (Å²) >= 11 is 0. The number of aromatic nitrogens is 4. The fraction of sp³-hybridized carbons (Fsp3) is 0.533. The zero-order valence-corrected chi connectivity index (χ0v) is 12.5. The van der Waals surface area contributed by atoms with Crippen LogP contribution in [0, 0.1) is 19.8 Å². The number of hydrogen-bond acceptors (Lipinski definition) is 5. The first-order valence-electron chi connectivity index (χ1n) is 7.39. The van der Waals surface area contributed by atoms with Gasteiger partial charge >= 0.3 is 0 Å². The van der Waals surface area contributed by atoms with Crippen molar-refractivity contribution in [3.05, 3.63) is 29.8 Å². The van der Waals surface area contributed by atoms with Gasteiger partial charge in [0.2, 0.25) is 0 Å². The van der Waals surface area contributed by atoms with Crippen LogP contribution in [0.5, 0.6) is 0 Å². The van der Waals surface area contributed by atoms with Crippen LogP contribution < -0.4 is 4.90 Å². The minimum absolute atomic E-state index is 0.237. The van der Waals surface area contributed by atoms with Crippen LogP contribution in [0.25, 0.3) is 5.82 Å². The van der Waals surface area contributed by atoms with Crippen LogP contribution in [-0.4, -0.2) is 44.6 Å². The first-order valence-corrected chi connectivity index (χ1v) is 7.39. The monoisotopic (exact) mass is 287 g/mol. The Morgan fingerprint density at radius 3 is 2.81 bits per heavy atom. The van der Waals surface area contributed by atoms with Crippen molar-refractivity contribution < 1.29 is 5.11 Å². The summed E-state index contributed by atoms with van der Waals surface area (Å²) in [4.78, 5) is 11.2. The molecule has 1 N–H and O–H groups in total. The minimum atomic E-state index is 0.237. The van der Waals surface area contributed by atoms with Gasteiger partial charge in [-0.3, -0.25) is 4.98 Å². The number of hydrogen-bond donors (Lipinski definition) is 1. The van der Waals surface area contributed by atoms with Crippen molar-refractivity contribution in [1.82, 2.24) is 19.7 Å².